The summed E-state index contributed by atoms with van der Waals surface area (Å²) in [6, 6.07) is 7.90. The lowest BCUT2D eigenvalue weighted by molar-refractivity contribution is 0.313. The van der Waals surface area contributed by atoms with E-state index in [-0.39, 0.29) is 5.63 Å². The lowest BCUT2D eigenvalue weighted by Gasteiger charge is -2.34. The number of hydrogen-bond acceptors (Lipinski definition) is 6. The summed E-state index contributed by atoms with van der Waals surface area (Å²) in [6.45, 7) is 4.00. The average molecular weight is 401 g/mol. The number of thiazole rings is 1. The van der Waals surface area contributed by atoms with Gasteiger partial charge in [-0.1, -0.05) is 22.9 Å². The predicted molar refractivity (Wildman–Crippen MR) is 109 cm³/mol. The van der Waals surface area contributed by atoms with Crippen molar-refractivity contribution < 1.29 is 4.42 Å². The molecule has 8 heteroatoms. The maximum absolute atomic E-state index is 12.6. The Balaban J connectivity index is 1.53. The summed E-state index contributed by atoms with van der Waals surface area (Å²) in [5.74, 6) is 0. The minimum atomic E-state index is -0.380. The van der Waals surface area contributed by atoms with Crippen LogP contribution in [0, 0.1) is 0 Å². The molecule has 0 N–H and O–H groups in total. The lowest BCUT2D eigenvalue weighted by atomic mass is 10.1. The third kappa shape index (κ3) is 3.01. The van der Waals surface area contributed by atoms with Gasteiger partial charge >= 0.3 is 5.63 Å². The van der Waals surface area contributed by atoms with Crippen molar-refractivity contribution in [2.75, 3.05) is 38.1 Å². The van der Waals surface area contributed by atoms with Crippen LogP contribution in [0.1, 0.15) is 0 Å². The SMILES string of the molecule is CN1CCN(c2ccc3cc(-c4cn5cc(Cl)sc5n4)c(=O)oc3c2)CC1. The van der Waals surface area contributed by atoms with E-state index in [0.717, 1.165) is 42.2 Å². The van der Waals surface area contributed by atoms with Gasteiger partial charge in [-0.15, -0.1) is 0 Å². The largest absolute Gasteiger partial charge is 0.422 e. The standard InChI is InChI=1S/C19H17ClN4O2S/c1-22-4-6-23(7-5-22)13-3-2-12-8-14(18(25)26-16(12)9-13)15-10-24-11-17(20)27-19(24)21-15/h2-3,8-11H,4-7H2,1H3. The Kier molecular flexibility index (Phi) is 3.96. The molecule has 3 aromatic heterocycles. The molecule has 4 aromatic rings. The van der Waals surface area contributed by atoms with Crippen molar-refractivity contribution in [1.82, 2.24) is 14.3 Å². The van der Waals surface area contributed by atoms with Crippen molar-refractivity contribution in [3.63, 3.8) is 0 Å². The molecule has 0 spiro atoms. The topological polar surface area (TPSA) is 54.0 Å². The normalized spacial score (nSPS) is 15.9. The molecule has 0 amide bonds. The molecule has 1 aliphatic heterocycles. The van der Waals surface area contributed by atoms with Gasteiger partial charge in [-0.2, -0.15) is 0 Å². The number of piperazine rings is 1. The maximum Gasteiger partial charge on any atom is 0.345 e. The van der Waals surface area contributed by atoms with Gasteiger partial charge in [0, 0.05) is 55.7 Å². The summed E-state index contributed by atoms with van der Waals surface area (Å²) < 4.78 is 8.11. The fraction of sp³-hybridized carbons (Fsp3) is 0.263. The van der Waals surface area contributed by atoms with Crippen LogP contribution in [0.2, 0.25) is 4.34 Å². The van der Waals surface area contributed by atoms with Gasteiger partial charge in [0.1, 0.15) is 9.92 Å². The van der Waals surface area contributed by atoms with Crippen LogP contribution >= 0.6 is 22.9 Å². The highest BCUT2D eigenvalue weighted by Gasteiger charge is 2.17. The maximum atomic E-state index is 12.6. The number of rotatable bonds is 2. The van der Waals surface area contributed by atoms with Crippen molar-refractivity contribution >= 4 is 44.6 Å². The Morgan fingerprint density at radius 1 is 1.15 bits per heavy atom. The van der Waals surface area contributed by atoms with Crippen LogP contribution in [-0.2, 0) is 0 Å². The zero-order valence-corrected chi connectivity index (χ0v) is 16.3. The molecule has 0 saturated carbocycles. The van der Waals surface area contributed by atoms with Crippen molar-refractivity contribution in [2.45, 2.75) is 0 Å². The Bertz CT molecular complexity index is 1170. The van der Waals surface area contributed by atoms with Crippen LogP contribution < -0.4 is 10.5 Å². The molecule has 1 saturated heterocycles. The number of fused-ring (bicyclic) bond motifs is 2. The molecule has 6 nitrogen and oxygen atoms in total. The van der Waals surface area contributed by atoms with E-state index in [4.69, 9.17) is 16.0 Å². The lowest BCUT2D eigenvalue weighted by Crippen LogP contribution is -2.44. The Morgan fingerprint density at radius 3 is 2.74 bits per heavy atom. The summed E-state index contributed by atoms with van der Waals surface area (Å²) in [5, 5.41) is 0.886. The fourth-order valence-electron chi connectivity index (χ4n) is 3.44. The quantitative estimate of drug-likeness (QED) is 0.481. The monoisotopic (exact) mass is 400 g/mol. The molecule has 0 bridgehead atoms. The Hall–Kier alpha value is -2.35. The first kappa shape index (κ1) is 16.8. The number of anilines is 1. The third-order valence-electron chi connectivity index (χ3n) is 4.99. The van der Waals surface area contributed by atoms with Crippen LogP contribution in [0.15, 0.2) is 45.9 Å². The summed E-state index contributed by atoms with van der Waals surface area (Å²) in [5.41, 5.74) is 2.36. The summed E-state index contributed by atoms with van der Waals surface area (Å²) in [4.78, 5) is 22.4. The number of nitrogens with zero attached hydrogens (tertiary/aromatic N) is 4. The minimum Gasteiger partial charge on any atom is -0.422 e. The van der Waals surface area contributed by atoms with Crippen LogP contribution in [0.4, 0.5) is 5.69 Å². The van der Waals surface area contributed by atoms with Crippen LogP contribution in [0.25, 0.3) is 27.2 Å². The smallest absolute Gasteiger partial charge is 0.345 e. The zero-order valence-electron chi connectivity index (χ0n) is 14.7. The van der Waals surface area contributed by atoms with Gasteiger partial charge in [0.25, 0.3) is 0 Å². The molecule has 27 heavy (non-hydrogen) atoms. The number of aromatic nitrogens is 2. The number of imidazole rings is 1. The van der Waals surface area contributed by atoms with Crippen molar-refractivity contribution in [3.05, 3.63) is 51.4 Å². The second kappa shape index (κ2) is 6.37. The van der Waals surface area contributed by atoms with Gasteiger partial charge in [-0.05, 0) is 25.2 Å². The van der Waals surface area contributed by atoms with Gasteiger partial charge in [0.15, 0.2) is 4.96 Å². The molecule has 0 radical (unpaired) electrons. The first-order valence-electron chi connectivity index (χ1n) is 8.73. The molecule has 0 unspecified atom stereocenters. The van der Waals surface area contributed by atoms with Crippen molar-refractivity contribution in [2.24, 2.45) is 0 Å². The van der Waals surface area contributed by atoms with Gasteiger partial charge in [-0.3, -0.25) is 4.40 Å². The second-order valence-corrected chi connectivity index (χ2v) is 8.45. The molecule has 0 aliphatic carbocycles. The first-order chi connectivity index (χ1) is 13.1. The first-order valence-corrected chi connectivity index (χ1v) is 9.92. The molecule has 4 heterocycles. The molecule has 5 rings (SSSR count). The number of likely N-dealkylation sites (N-methyl/N-ethyl adjacent to an activating group) is 1. The van der Waals surface area contributed by atoms with Crippen molar-refractivity contribution in [1.29, 1.82) is 0 Å². The highest BCUT2D eigenvalue weighted by atomic mass is 35.5. The van der Waals surface area contributed by atoms with E-state index in [1.807, 2.05) is 22.6 Å². The van der Waals surface area contributed by atoms with Gasteiger partial charge in [0.05, 0.1) is 11.3 Å². The van der Waals surface area contributed by atoms with E-state index in [9.17, 15) is 4.79 Å². The van der Waals surface area contributed by atoms with Crippen molar-refractivity contribution in [3.8, 4) is 11.3 Å². The summed E-state index contributed by atoms with van der Waals surface area (Å²) >= 11 is 7.36. The second-order valence-electron chi connectivity index (χ2n) is 6.81. The highest BCUT2D eigenvalue weighted by molar-refractivity contribution is 7.20. The van der Waals surface area contributed by atoms with Crippen LogP contribution in [0.3, 0.4) is 0 Å². The summed E-state index contributed by atoms with van der Waals surface area (Å²) in [6.07, 6.45) is 3.58. The molecular weight excluding hydrogens is 384 g/mol. The fourth-order valence-corrected chi connectivity index (χ4v) is 4.44. The predicted octanol–water partition coefficient (Wildman–Crippen LogP) is 3.57. The average Bonchev–Trinajstić information content (AvgIpc) is 3.18. The minimum absolute atomic E-state index is 0.380. The van der Waals surface area contributed by atoms with Gasteiger partial charge in [-0.25, -0.2) is 9.78 Å². The van der Waals surface area contributed by atoms with Gasteiger partial charge < -0.3 is 14.2 Å². The highest BCUT2D eigenvalue weighted by Crippen LogP contribution is 2.28. The van der Waals surface area contributed by atoms with E-state index in [1.54, 1.807) is 12.4 Å². The Labute approximate surface area is 164 Å². The molecule has 1 fully saturated rings. The number of halogens is 1. The number of benzene rings is 1. The van der Waals surface area contributed by atoms with E-state index < -0.39 is 0 Å². The van der Waals surface area contributed by atoms with E-state index >= 15 is 0 Å². The van der Waals surface area contributed by atoms with Crippen LogP contribution in [-0.4, -0.2) is 47.5 Å². The van der Waals surface area contributed by atoms with Crippen LogP contribution in [0.5, 0.6) is 0 Å². The molecule has 1 aliphatic rings. The molecule has 138 valence electrons. The summed E-state index contributed by atoms with van der Waals surface area (Å²) in [7, 11) is 2.13. The van der Waals surface area contributed by atoms with E-state index in [1.165, 1.54) is 11.3 Å². The Morgan fingerprint density at radius 2 is 1.96 bits per heavy atom. The number of hydrogen-bond donors (Lipinski definition) is 0. The molecule has 1 aromatic carbocycles. The third-order valence-corrected chi connectivity index (χ3v) is 6.11. The van der Waals surface area contributed by atoms with Gasteiger partial charge in [0.2, 0.25) is 0 Å². The van der Waals surface area contributed by atoms with E-state index in [2.05, 4.69) is 27.9 Å². The van der Waals surface area contributed by atoms with E-state index in [0.29, 0.717) is 21.2 Å². The molecular formula is C19H17ClN4O2S. The zero-order chi connectivity index (χ0) is 18.5. The molecule has 0 atom stereocenters.